The fraction of sp³-hybridized carbons (Fsp3) is 0.500. The van der Waals surface area contributed by atoms with E-state index in [-0.39, 0.29) is 5.91 Å². The molecule has 0 saturated carbocycles. The summed E-state index contributed by atoms with van der Waals surface area (Å²) >= 11 is 0. The zero-order valence-corrected chi connectivity index (χ0v) is 11.2. The number of anilines is 1. The van der Waals surface area contributed by atoms with Crippen molar-refractivity contribution in [3.8, 4) is 5.75 Å². The highest BCUT2D eigenvalue weighted by molar-refractivity contribution is 5.95. The highest BCUT2D eigenvalue weighted by atomic mass is 16.5. The molecule has 3 N–H and O–H groups in total. The van der Waals surface area contributed by atoms with E-state index in [4.69, 9.17) is 10.5 Å². The van der Waals surface area contributed by atoms with E-state index in [1.54, 1.807) is 18.2 Å². The second-order valence-electron chi connectivity index (χ2n) is 4.21. The molecule has 0 heterocycles. The summed E-state index contributed by atoms with van der Waals surface area (Å²) in [6, 6.07) is 5.13. The maximum absolute atomic E-state index is 11.8. The van der Waals surface area contributed by atoms with Gasteiger partial charge in [-0.15, -0.1) is 0 Å². The van der Waals surface area contributed by atoms with Crippen molar-refractivity contribution in [1.29, 1.82) is 0 Å². The average Bonchev–Trinajstić information content (AvgIpc) is 2.38. The highest BCUT2D eigenvalue weighted by Crippen LogP contribution is 2.23. The Morgan fingerprint density at radius 2 is 2.11 bits per heavy atom. The molecule has 0 saturated heterocycles. The Morgan fingerprint density at radius 3 is 2.78 bits per heavy atom. The smallest absolute Gasteiger partial charge is 0.251 e. The monoisotopic (exact) mass is 250 g/mol. The maximum atomic E-state index is 11.8. The molecule has 1 aromatic carbocycles. The minimum atomic E-state index is -0.0859. The van der Waals surface area contributed by atoms with Crippen molar-refractivity contribution < 1.29 is 9.53 Å². The fourth-order valence-electron chi connectivity index (χ4n) is 1.47. The Morgan fingerprint density at radius 1 is 1.33 bits per heavy atom. The van der Waals surface area contributed by atoms with Crippen LogP contribution in [0.5, 0.6) is 5.75 Å². The molecular formula is C14H22N2O2. The average molecular weight is 250 g/mol. The number of hydrogen-bond acceptors (Lipinski definition) is 3. The van der Waals surface area contributed by atoms with E-state index in [1.807, 2.05) is 6.92 Å². The number of rotatable bonds is 7. The molecule has 0 fully saturated rings. The van der Waals surface area contributed by atoms with Crippen LogP contribution < -0.4 is 15.8 Å². The molecule has 0 aliphatic heterocycles. The number of nitrogens with one attached hydrogen (secondary N) is 1. The Kier molecular flexibility index (Phi) is 6.05. The van der Waals surface area contributed by atoms with Crippen LogP contribution in [0.25, 0.3) is 0 Å². The summed E-state index contributed by atoms with van der Waals surface area (Å²) in [5, 5.41) is 2.83. The minimum Gasteiger partial charge on any atom is -0.491 e. The molecule has 0 unspecified atom stereocenters. The van der Waals surface area contributed by atoms with Crippen molar-refractivity contribution in [2.24, 2.45) is 0 Å². The first-order chi connectivity index (χ1) is 8.69. The van der Waals surface area contributed by atoms with Gasteiger partial charge in [0.15, 0.2) is 0 Å². The zero-order valence-electron chi connectivity index (χ0n) is 11.2. The second kappa shape index (κ2) is 7.58. The van der Waals surface area contributed by atoms with Crippen LogP contribution >= 0.6 is 0 Å². The van der Waals surface area contributed by atoms with E-state index >= 15 is 0 Å². The van der Waals surface area contributed by atoms with Gasteiger partial charge in [-0.2, -0.15) is 0 Å². The molecule has 18 heavy (non-hydrogen) atoms. The molecule has 1 amide bonds. The molecule has 0 aromatic heterocycles. The lowest BCUT2D eigenvalue weighted by Gasteiger charge is -2.10. The Bertz CT molecular complexity index is 391. The molecule has 0 atom stereocenters. The number of benzene rings is 1. The summed E-state index contributed by atoms with van der Waals surface area (Å²) in [5.41, 5.74) is 6.97. The summed E-state index contributed by atoms with van der Waals surface area (Å²) in [7, 11) is 0. The summed E-state index contributed by atoms with van der Waals surface area (Å²) in [4.78, 5) is 11.8. The lowest BCUT2D eigenvalue weighted by atomic mass is 10.1. The van der Waals surface area contributed by atoms with Crippen LogP contribution in [0.3, 0.4) is 0 Å². The SMILES string of the molecule is CCCCOc1cc(C(=O)NCCC)ccc1N. The van der Waals surface area contributed by atoms with Gasteiger partial charge in [0.05, 0.1) is 12.3 Å². The summed E-state index contributed by atoms with van der Waals surface area (Å²) in [5.74, 6) is 0.504. The van der Waals surface area contributed by atoms with Gasteiger partial charge in [-0.25, -0.2) is 0 Å². The Hall–Kier alpha value is -1.71. The zero-order chi connectivity index (χ0) is 13.4. The van der Waals surface area contributed by atoms with Gasteiger partial charge in [0.2, 0.25) is 0 Å². The standard InChI is InChI=1S/C14H22N2O2/c1-3-5-9-18-13-10-11(6-7-12(13)15)14(17)16-8-4-2/h6-7,10H,3-5,8-9,15H2,1-2H3,(H,16,17). The lowest BCUT2D eigenvalue weighted by Crippen LogP contribution is -2.24. The lowest BCUT2D eigenvalue weighted by molar-refractivity contribution is 0.0953. The van der Waals surface area contributed by atoms with E-state index in [0.717, 1.165) is 19.3 Å². The van der Waals surface area contributed by atoms with Crippen LogP contribution in [-0.4, -0.2) is 19.1 Å². The normalized spacial score (nSPS) is 10.1. The quantitative estimate of drug-likeness (QED) is 0.577. The van der Waals surface area contributed by atoms with Gasteiger partial charge in [0.25, 0.3) is 5.91 Å². The van der Waals surface area contributed by atoms with Crippen molar-refractivity contribution in [2.45, 2.75) is 33.1 Å². The predicted octanol–water partition coefficient (Wildman–Crippen LogP) is 2.59. The number of hydrogen-bond donors (Lipinski definition) is 2. The summed E-state index contributed by atoms with van der Waals surface area (Å²) in [6.07, 6.45) is 2.96. The van der Waals surface area contributed by atoms with Gasteiger partial charge in [-0.05, 0) is 31.0 Å². The third-order valence-corrected chi connectivity index (χ3v) is 2.57. The first kappa shape index (κ1) is 14.4. The van der Waals surface area contributed by atoms with E-state index in [2.05, 4.69) is 12.2 Å². The van der Waals surface area contributed by atoms with Crippen molar-refractivity contribution in [3.05, 3.63) is 23.8 Å². The predicted molar refractivity (Wildman–Crippen MR) is 73.9 cm³/mol. The summed E-state index contributed by atoms with van der Waals surface area (Å²) < 4.78 is 5.57. The van der Waals surface area contributed by atoms with Gasteiger partial charge >= 0.3 is 0 Å². The molecular weight excluding hydrogens is 228 g/mol. The molecule has 0 aliphatic carbocycles. The van der Waals surface area contributed by atoms with Crippen LogP contribution in [0.15, 0.2) is 18.2 Å². The molecule has 0 spiro atoms. The Balaban J connectivity index is 2.70. The number of ether oxygens (including phenoxy) is 1. The number of nitrogens with two attached hydrogens (primary N) is 1. The van der Waals surface area contributed by atoms with Crippen LogP contribution in [0, 0.1) is 0 Å². The number of nitrogen functional groups attached to an aromatic ring is 1. The number of unbranched alkanes of at least 4 members (excludes halogenated alkanes) is 1. The highest BCUT2D eigenvalue weighted by Gasteiger charge is 2.08. The number of carbonyl (C=O) groups is 1. The van der Waals surface area contributed by atoms with E-state index in [1.165, 1.54) is 0 Å². The van der Waals surface area contributed by atoms with Crippen LogP contribution in [-0.2, 0) is 0 Å². The van der Waals surface area contributed by atoms with Crippen LogP contribution in [0.1, 0.15) is 43.5 Å². The molecule has 0 bridgehead atoms. The third kappa shape index (κ3) is 4.28. The van der Waals surface area contributed by atoms with E-state index < -0.39 is 0 Å². The summed E-state index contributed by atoms with van der Waals surface area (Å²) in [6.45, 7) is 5.42. The van der Waals surface area contributed by atoms with Gasteiger partial charge in [-0.1, -0.05) is 20.3 Å². The Labute approximate surface area is 109 Å². The van der Waals surface area contributed by atoms with Gasteiger partial charge in [0.1, 0.15) is 5.75 Å². The minimum absolute atomic E-state index is 0.0859. The molecule has 0 radical (unpaired) electrons. The van der Waals surface area contributed by atoms with Crippen molar-refractivity contribution in [2.75, 3.05) is 18.9 Å². The number of amides is 1. The van der Waals surface area contributed by atoms with E-state index in [0.29, 0.717) is 30.2 Å². The first-order valence-electron chi connectivity index (χ1n) is 6.49. The van der Waals surface area contributed by atoms with E-state index in [9.17, 15) is 4.79 Å². The van der Waals surface area contributed by atoms with Crippen LogP contribution in [0.2, 0.25) is 0 Å². The molecule has 1 rings (SSSR count). The molecule has 4 heteroatoms. The molecule has 100 valence electrons. The third-order valence-electron chi connectivity index (χ3n) is 2.57. The van der Waals surface area contributed by atoms with Crippen molar-refractivity contribution in [3.63, 3.8) is 0 Å². The maximum Gasteiger partial charge on any atom is 0.251 e. The van der Waals surface area contributed by atoms with Crippen molar-refractivity contribution >= 4 is 11.6 Å². The largest absolute Gasteiger partial charge is 0.491 e. The van der Waals surface area contributed by atoms with Gasteiger partial charge < -0.3 is 15.8 Å². The molecule has 1 aromatic rings. The van der Waals surface area contributed by atoms with Crippen molar-refractivity contribution in [1.82, 2.24) is 5.32 Å². The topological polar surface area (TPSA) is 64.3 Å². The van der Waals surface area contributed by atoms with Gasteiger partial charge in [0, 0.05) is 12.1 Å². The second-order valence-corrected chi connectivity index (χ2v) is 4.21. The van der Waals surface area contributed by atoms with Crippen LogP contribution in [0.4, 0.5) is 5.69 Å². The van der Waals surface area contributed by atoms with Gasteiger partial charge in [-0.3, -0.25) is 4.79 Å². The molecule has 4 nitrogen and oxygen atoms in total. The fourth-order valence-corrected chi connectivity index (χ4v) is 1.47. The number of carbonyl (C=O) groups excluding carboxylic acids is 1. The first-order valence-corrected chi connectivity index (χ1v) is 6.49. The molecule has 0 aliphatic rings.